The molecular formula is C19H16ClFN4O2S2. The number of benzene rings is 2. The van der Waals surface area contributed by atoms with Crippen LogP contribution in [0.5, 0.6) is 0 Å². The molecule has 0 radical (unpaired) electrons. The first-order valence-corrected chi connectivity index (χ1v) is 11.4. The molecule has 1 N–H and O–H groups in total. The van der Waals surface area contributed by atoms with E-state index in [4.69, 9.17) is 11.6 Å². The molecule has 0 bridgehead atoms. The van der Waals surface area contributed by atoms with Gasteiger partial charge in [0.15, 0.2) is 5.82 Å². The first-order valence-electron chi connectivity index (χ1n) is 8.70. The number of sulfonamides is 1. The van der Waals surface area contributed by atoms with Crippen molar-refractivity contribution in [2.24, 2.45) is 0 Å². The molecule has 150 valence electrons. The molecule has 0 saturated heterocycles. The van der Waals surface area contributed by atoms with E-state index in [-0.39, 0.29) is 17.3 Å². The molecule has 2 aromatic heterocycles. The maximum absolute atomic E-state index is 13.1. The first kappa shape index (κ1) is 20.0. The lowest BCUT2D eigenvalue weighted by molar-refractivity contribution is 0.581. The minimum atomic E-state index is -3.60. The zero-order valence-electron chi connectivity index (χ0n) is 15.3. The molecule has 0 aliphatic rings. The van der Waals surface area contributed by atoms with E-state index in [0.29, 0.717) is 22.2 Å². The monoisotopic (exact) mass is 450 g/mol. The van der Waals surface area contributed by atoms with Crippen LogP contribution in [0.2, 0.25) is 5.02 Å². The van der Waals surface area contributed by atoms with Crippen molar-refractivity contribution in [3.63, 3.8) is 0 Å². The van der Waals surface area contributed by atoms with Crippen LogP contribution in [0.3, 0.4) is 0 Å². The number of hydrogen-bond donors (Lipinski definition) is 1. The highest BCUT2D eigenvalue weighted by Crippen LogP contribution is 2.25. The van der Waals surface area contributed by atoms with Gasteiger partial charge in [0, 0.05) is 22.0 Å². The topological polar surface area (TPSA) is 76.4 Å². The van der Waals surface area contributed by atoms with Crippen molar-refractivity contribution in [3.8, 4) is 11.4 Å². The minimum absolute atomic E-state index is 0.171. The standard InChI is InChI=1S/C19H16ClFN4O2S2/c1-12-17(10-11-22-29(26,27)16-8-4-14(20)5-9-16)28-19-23-18(24-25(12)19)13-2-6-15(21)7-3-13/h2-9,22H,10-11H2,1H3. The summed E-state index contributed by atoms with van der Waals surface area (Å²) in [6, 6.07) is 12.0. The predicted molar refractivity (Wildman–Crippen MR) is 111 cm³/mol. The lowest BCUT2D eigenvalue weighted by Gasteiger charge is -2.06. The van der Waals surface area contributed by atoms with Gasteiger partial charge in [-0.3, -0.25) is 0 Å². The fraction of sp³-hybridized carbons (Fsp3) is 0.158. The number of aryl methyl sites for hydroxylation is 1. The normalized spacial score (nSPS) is 12.0. The third kappa shape index (κ3) is 4.18. The molecule has 0 unspecified atom stereocenters. The molecule has 0 fully saturated rings. The molecule has 0 aliphatic heterocycles. The van der Waals surface area contributed by atoms with E-state index in [1.165, 1.54) is 35.6 Å². The van der Waals surface area contributed by atoms with Crippen LogP contribution in [0.15, 0.2) is 53.4 Å². The highest BCUT2D eigenvalue weighted by molar-refractivity contribution is 7.89. The van der Waals surface area contributed by atoms with Gasteiger partial charge in [0.2, 0.25) is 15.0 Å². The van der Waals surface area contributed by atoms with Gasteiger partial charge >= 0.3 is 0 Å². The Morgan fingerprint density at radius 2 is 1.83 bits per heavy atom. The molecule has 2 aromatic carbocycles. The SMILES string of the molecule is Cc1c(CCNS(=O)(=O)c2ccc(Cl)cc2)sc2nc(-c3ccc(F)cc3)nn12. The Balaban J connectivity index is 1.47. The number of rotatable bonds is 6. The average molecular weight is 451 g/mol. The van der Waals surface area contributed by atoms with E-state index in [9.17, 15) is 12.8 Å². The zero-order valence-corrected chi connectivity index (χ0v) is 17.7. The molecule has 10 heteroatoms. The van der Waals surface area contributed by atoms with Crippen molar-refractivity contribution in [1.29, 1.82) is 0 Å². The molecule has 29 heavy (non-hydrogen) atoms. The first-order chi connectivity index (χ1) is 13.8. The molecule has 0 amide bonds. The number of nitrogens with one attached hydrogen (secondary N) is 1. The van der Waals surface area contributed by atoms with Crippen LogP contribution >= 0.6 is 22.9 Å². The number of nitrogens with zero attached hydrogens (tertiary/aromatic N) is 3. The molecule has 2 heterocycles. The molecular weight excluding hydrogens is 435 g/mol. The van der Waals surface area contributed by atoms with Gasteiger partial charge in [0.25, 0.3) is 0 Å². The van der Waals surface area contributed by atoms with Gasteiger partial charge < -0.3 is 0 Å². The summed E-state index contributed by atoms with van der Waals surface area (Å²) in [5.41, 5.74) is 1.63. The molecule has 0 spiro atoms. The second-order valence-corrected chi connectivity index (χ2v) is 9.61. The van der Waals surface area contributed by atoms with Crippen LogP contribution in [0.4, 0.5) is 4.39 Å². The largest absolute Gasteiger partial charge is 0.240 e. The fourth-order valence-electron chi connectivity index (χ4n) is 2.83. The summed E-state index contributed by atoms with van der Waals surface area (Å²) >= 11 is 7.26. The summed E-state index contributed by atoms with van der Waals surface area (Å²) in [4.78, 5) is 6.37. The van der Waals surface area contributed by atoms with Gasteiger partial charge in [-0.2, -0.15) is 4.98 Å². The maximum atomic E-state index is 13.1. The van der Waals surface area contributed by atoms with Crippen molar-refractivity contribution >= 4 is 37.9 Å². The summed E-state index contributed by atoms with van der Waals surface area (Å²) in [5.74, 6) is 0.212. The lowest BCUT2D eigenvalue weighted by atomic mass is 10.2. The van der Waals surface area contributed by atoms with Gasteiger partial charge in [0.05, 0.1) is 10.6 Å². The molecule has 4 rings (SSSR count). The van der Waals surface area contributed by atoms with Crippen LogP contribution in [0.1, 0.15) is 10.6 Å². The summed E-state index contributed by atoms with van der Waals surface area (Å²) in [7, 11) is -3.60. The highest BCUT2D eigenvalue weighted by atomic mass is 35.5. The smallest absolute Gasteiger partial charge is 0.211 e. The van der Waals surface area contributed by atoms with E-state index in [1.807, 2.05) is 6.92 Å². The van der Waals surface area contributed by atoms with Crippen LogP contribution in [0, 0.1) is 12.7 Å². The Hall–Kier alpha value is -2.33. The summed E-state index contributed by atoms with van der Waals surface area (Å²) in [5, 5.41) is 4.97. The van der Waals surface area contributed by atoms with Crippen molar-refractivity contribution in [3.05, 3.63) is 69.9 Å². The van der Waals surface area contributed by atoms with Gasteiger partial charge in [-0.05, 0) is 61.9 Å². The van der Waals surface area contributed by atoms with Crippen molar-refractivity contribution in [2.45, 2.75) is 18.2 Å². The summed E-state index contributed by atoms with van der Waals surface area (Å²) in [6.45, 7) is 2.16. The fourth-order valence-corrected chi connectivity index (χ4v) is 5.05. The average Bonchev–Trinajstić information content (AvgIpc) is 3.22. The second-order valence-electron chi connectivity index (χ2n) is 6.35. The lowest BCUT2D eigenvalue weighted by Crippen LogP contribution is -2.25. The van der Waals surface area contributed by atoms with Crippen molar-refractivity contribution in [1.82, 2.24) is 19.3 Å². The van der Waals surface area contributed by atoms with Gasteiger partial charge in [-0.25, -0.2) is 22.0 Å². The Morgan fingerprint density at radius 3 is 2.48 bits per heavy atom. The minimum Gasteiger partial charge on any atom is -0.211 e. The zero-order chi connectivity index (χ0) is 20.6. The molecule has 0 saturated carbocycles. The quantitative estimate of drug-likeness (QED) is 0.480. The molecule has 6 nitrogen and oxygen atoms in total. The van der Waals surface area contributed by atoms with Crippen LogP contribution in [-0.2, 0) is 16.4 Å². The number of fused-ring (bicyclic) bond motifs is 1. The number of aromatic nitrogens is 3. The Kier molecular flexibility index (Phi) is 5.39. The van der Waals surface area contributed by atoms with Crippen LogP contribution in [0.25, 0.3) is 16.3 Å². The Bertz CT molecular complexity index is 1270. The van der Waals surface area contributed by atoms with E-state index < -0.39 is 10.0 Å². The van der Waals surface area contributed by atoms with Gasteiger partial charge in [0.1, 0.15) is 5.82 Å². The molecule has 0 atom stereocenters. The van der Waals surface area contributed by atoms with E-state index >= 15 is 0 Å². The predicted octanol–water partition coefficient (Wildman–Crippen LogP) is 4.08. The Morgan fingerprint density at radius 1 is 1.14 bits per heavy atom. The van der Waals surface area contributed by atoms with Crippen LogP contribution in [-0.4, -0.2) is 29.6 Å². The van der Waals surface area contributed by atoms with E-state index in [1.54, 1.807) is 28.8 Å². The van der Waals surface area contributed by atoms with Gasteiger partial charge in [-0.15, -0.1) is 5.10 Å². The number of hydrogen-bond acceptors (Lipinski definition) is 5. The number of halogens is 2. The van der Waals surface area contributed by atoms with Crippen LogP contribution < -0.4 is 4.72 Å². The van der Waals surface area contributed by atoms with Crippen molar-refractivity contribution < 1.29 is 12.8 Å². The number of thiazole rings is 1. The third-order valence-corrected chi connectivity index (χ3v) is 7.31. The third-order valence-electron chi connectivity index (χ3n) is 4.38. The summed E-state index contributed by atoms with van der Waals surface area (Å²) in [6.07, 6.45) is 0.514. The van der Waals surface area contributed by atoms with Crippen molar-refractivity contribution in [2.75, 3.05) is 6.54 Å². The Labute approximate surface area is 176 Å². The maximum Gasteiger partial charge on any atom is 0.240 e. The molecule has 0 aliphatic carbocycles. The van der Waals surface area contributed by atoms with E-state index in [2.05, 4.69) is 14.8 Å². The summed E-state index contributed by atoms with van der Waals surface area (Å²) < 4.78 is 42.1. The van der Waals surface area contributed by atoms with Gasteiger partial charge in [-0.1, -0.05) is 22.9 Å². The second kappa shape index (κ2) is 7.83. The van der Waals surface area contributed by atoms with E-state index in [0.717, 1.165) is 16.1 Å². The molecule has 4 aromatic rings. The highest BCUT2D eigenvalue weighted by Gasteiger charge is 2.17.